The fourth-order valence-electron chi connectivity index (χ4n) is 8.88. The number of allylic oxidation sites excluding steroid dienone is 4. The minimum Gasteiger partial charge on any atom is -0.147 e. The largest absolute Gasteiger partial charge is 0.147 e. The van der Waals surface area contributed by atoms with Crippen molar-refractivity contribution in [2.24, 2.45) is 5.92 Å². The molecular formula is C40H44Cl2SiZr. The minimum atomic E-state index is -3.69. The van der Waals surface area contributed by atoms with Gasteiger partial charge in [-0.2, -0.15) is 0 Å². The van der Waals surface area contributed by atoms with Gasteiger partial charge in [-0.05, 0) is 0 Å². The third kappa shape index (κ3) is 5.45. The molecule has 0 heterocycles. The average Bonchev–Trinajstić information content (AvgIpc) is 3.59. The van der Waals surface area contributed by atoms with Crippen LogP contribution in [-0.4, -0.2) is 6.88 Å². The number of rotatable bonds is 5. The Kier molecular flexibility index (Phi) is 9.44. The van der Waals surface area contributed by atoms with Crippen molar-refractivity contribution in [2.45, 2.75) is 49.6 Å². The summed E-state index contributed by atoms with van der Waals surface area (Å²) in [5.74, 6) is 0.635. The summed E-state index contributed by atoms with van der Waals surface area (Å²) in [7, 11) is 0. The molecule has 0 nitrogen and oxygen atoms in total. The van der Waals surface area contributed by atoms with Gasteiger partial charge in [-0.25, -0.2) is 0 Å². The first-order chi connectivity index (χ1) is 20.2. The molecule has 0 aliphatic heterocycles. The summed E-state index contributed by atoms with van der Waals surface area (Å²) in [6.07, 6.45) is 13.7. The van der Waals surface area contributed by atoms with E-state index in [-0.39, 0.29) is 24.8 Å². The van der Waals surface area contributed by atoms with Gasteiger partial charge in [0, 0.05) is 0 Å². The van der Waals surface area contributed by atoms with Crippen molar-refractivity contribution >= 4 is 43.8 Å². The average molecular weight is 715 g/mol. The maximum atomic E-state index is 2.80. The van der Waals surface area contributed by atoms with Crippen molar-refractivity contribution in [3.63, 3.8) is 0 Å². The Hall–Kier alpha value is -2.22. The minimum absolute atomic E-state index is 0. The van der Waals surface area contributed by atoms with Crippen LogP contribution in [0.25, 0.3) is 34.4 Å². The zero-order valence-corrected chi connectivity index (χ0v) is 31.9. The summed E-state index contributed by atoms with van der Waals surface area (Å²) >= 11 is -3.69. The molecule has 226 valence electrons. The van der Waals surface area contributed by atoms with Gasteiger partial charge in [0.25, 0.3) is 0 Å². The van der Waals surface area contributed by atoms with Crippen LogP contribution in [0, 0.1) is 12.8 Å². The van der Waals surface area contributed by atoms with Crippen LogP contribution in [0.5, 0.6) is 0 Å². The molecule has 7 rings (SSSR count). The zero-order valence-electron chi connectivity index (χ0n) is 26.3. The normalized spacial score (nSPS) is 20.5. The second-order valence-electron chi connectivity index (χ2n) is 14.1. The van der Waals surface area contributed by atoms with Crippen LogP contribution < -0.4 is 0 Å². The topological polar surface area (TPSA) is 0 Å². The second kappa shape index (κ2) is 12.5. The van der Waals surface area contributed by atoms with Gasteiger partial charge in [-0.3, -0.25) is 0 Å². The van der Waals surface area contributed by atoms with Gasteiger partial charge in [0.15, 0.2) is 0 Å². The van der Waals surface area contributed by atoms with Crippen LogP contribution in [0.1, 0.15) is 61.3 Å². The fourth-order valence-corrected chi connectivity index (χ4v) is 29.3. The van der Waals surface area contributed by atoms with Gasteiger partial charge >= 0.3 is 256 Å². The summed E-state index contributed by atoms with van der Waals surface area (Å²) in [6.45, 7) is 7.29. The number of fused-ring (bicyclic) bond motifs is 2. The van der Waals surface area contributed by atoms with Gasteiger partial charge in [0.05, 0.1) is 0 Å². The van der Waals surface area contributed by atoms with E-state index in [0.717, 1.165) is 0 Å². The van der Waals surface area contributed by atoms with E-state index >= 15 is 0 Å². The molecule has 3 aliphatic carbocycles. The predicted molar refractivity (Wildman–Crippen MR) is 197 cm³/mol. The molecule has 3 aliphatic rings. The van der Waals surface area contributed by atoms with E-state index in [2.05, 4.69) is 145 Å². The van der Waals surface area contributed by atoms with Crippen LogP contribution in [0.3, 0.4) is 0 Å². The van der Waals surface area contributed by atoms with Crippen LogP contribution in [0.15, 0.2) is 114 Å². The van der Waals surface area contributed by atoms with E-state index in [9.17, 15) is 0 Å². The zero-order chi connectivity index (χ0) is 29.1. The first-order valence-electron chi connectivity index (χ1n) is 15.7. The van der Waals surface area contributed by atoms with Crippen molar-refractivity contribution in [3.05, 3.63) is 142 Å². The maximum Gasteiger partial charge on any atom is -0.147 e. The molecule has 0 saturated heterocycles. The Balaban J connectivity index is 0.00000192. The van der Waals surface area contributed by atoms with Crippen molar-refractivity contribution < 1.29 is 17.4 Å². The third-order valence-electron chi connectivity index (χ3n) is 10.5. The Bertz CT molecular complexity index is 1860. The van der Waals surface area contributed by atoms with E-state index < -0.39 is 17.4 Å². The third-order valence-corrected chi connectivity index (χ3v) is 28.1. The predicted octanol–water partition coefficient (Wildman–Crippen LogP) is 11.5. The van der Waals surface area contributed by atoms with E-state index in [1.165, 1.54) is 58.2 Å². The fraction of sp³-hybridized carbons (Fsp3) is 0.250. The first kappa shape index (κ1) is 33.2. The van der Waals surface area contributed by atoms with Crippen molar-refractivity contribution in [1.29, 1.82) is 0 Å². The molecule has 0 bridgehead atoms. The molecule has 0 spiro atoms. The van der Waals surface area contributed by atoms with Crippen LogP contribution in [0.4, 0.5) is 0 Å². The number of hydrogen-bond donors (Lipinski definition) is 0. The Morgan fingerprint density at radius 1 is 0.659 bits per heavy atom. The van der Waals surface area contributed by atoms with Crippen LogP contribution >= 0.6 is 24.8 Å². The Morgan fingerprint density at radius 3 is 1.91 bits per heavy atom. The molecule has 0 aromatic heterocycles. The molecule has 3 atom stereocenters. The van der Waals surface area contributed by atoms with Gasteiger partial charge in [0.2, 0.25) is 0 Å². The standard InChI is InChI=1S/C21H19.C17H15.2CH3.2ClH.H2Si.Zr/c1-3-8-16(9-4-1)19-14-18-12-7-13-20(21(18)15-19)17-10-5-2-6-11-17;1-12-10-16-13(2)8-9-15(17(16)11-12)14-6-4-3-5-7-14;;;;;;/h1-3,5-7,10-16H,4,8-9H2;3-11H,1-2H3;2*1H3;2*1H;1H2;. The summed E-state index contributed by atoms with van der Waals surface area (Å²) in [4.78, 5) is 0. The van der Waals surface area contributed by atoms with Gasteiger partial charge < -0.3 is 0 Å². The summed E-state index contributed by atoms with van der Waals surface area (Å²) in [5.41, 5.74) is 16.4. The molecule has 0 N–H and O–H groups in total. The molecule has 0 fully saturated rings. The molecule has 4 aromatic rings. The smallest absolute Gasteiger partial charge is 0.147 e. The van der Waals surface area contributed by atoms with Crippen molar-refractivity contribution in [1.82, 2.24) is 0 Å². The van der Waals surface area contributed by atoms with Crippen LogP contribution in [0.2, 0.25) is 9.26 Å². The summed E-state index contributed by atoms with van der Waals surface area (Å²) in [5, 5.41) is 0. The Morgan fingerprint density at radius 2 is 1.30 bits per heavy atom. The molecular weight excluding hydrogens is 671 g/mol. The molecule has 4 aromatic carbocycles. The Labute approximate surface area is 279 Å². The van der Waals surface area contributed by atoms with E-state index in [0.29, 0.717) is 13.2 Å². The van der Waals surface area contributed by atoms with Gasteiger partial charge in [0.1, 0.15) is 0 Å². The number of benzene rings is 4. The number of aryl methyl sites for hydroxylation is 1. The number of halogens is 2. The molecule has 0 radical (unpaired) electrons. The molecule has 3 unspecified atom stereocenters. The monoisotopic (exact) mass is 712 g/mol. The molecule has 44 heavy (non-hydrogen) atoms. The first-order valence-corrected chi connectivity index (χ1v) is 29.4. The summed E-state index contributed by atoms with van der Waals surface area (Å²) in [6, 6.07) is 34.0. The molecule has 0 amide bonds. The van der Waals surface area contributed by atoms with Gasteiger partial charge in [-0.15, -0.1) is 24.8 Å². The van der Waals surface area contributed by atoms with Crippen molar-refractivity contribution in [3.8, 4) is 22.3 Å². The second-order valence-corrected chi connectivity index (χ2v) is 44.6. The molecule has 0 saturated carbocycles. The van der Waals surface area contributed by atoms with Crippen LogP contribution in [-0.2, 0) is 17.4 Å². The van der Waals surface area contributed by atoms with E-state index in [4.69, 9.17) is 0 Å². The quantitative estimate of drug-likeness (QED) is 0.143. The van der Waals surface area contributed by atoms with E-state index in [1.807, 2.05) is 0 Å². The van der Waals surface area contributed by atoms with E-state index in [1.54, 1.807) is 22.3 Å². The van der Waals surface area contributed by atoms with Crippen molar-refractivity contribution in [2.75, 3.05) is 0 Å². The SMILES string of the molecule is CC1=Cc2c(-c3ccccc3)ccc(C)c2[CH]1[Zr]([CH3])([CH3])(=[SiH2])[CH]1C(C2CC=CCC2)=Cc2c(-c3ccccc3)cccc21.Cl.Cl. The van der Waals surface area contributed by atoms with Gasteiger partial charge in [-0.1, -0.05) is 0 Å². The summed E-state index contributed by atoms with van der Waals surface area (Å²) < 4.78 is 6.67. The molecule has 4 heteroatoms. The maximum absolute atomic E-state index is 3.69. The number of hydrogen-bond acceptors (Lipinski definition) is 0.